The van der Waals surface area contributed by atoms with Gasteiger partial charge < -0.3 is 15.2 Å². The SMILES string of the molecule is O=C(CCCCC1SCC2NC(O)NC21)NCCOCCc1ccncc1. The van der Waals surface area contributed by atoms with E-state index >= 15 is 0 Å². The number of hydrogen-bond donors (Lipinski definition) is 4. The molecule has 150 valence electrons. The topological polar surface area (TPSA) is 95.5 Å². The summed E-state index contributed by atoms with van der Waals surface area (Å²) >= 11 is 1.96. The molecule has 1 aromatic heterocycles. The Morgan fingerprint density at radius 1 is 1.30 bits per heavy atom. The van der Waals surface area contributed by atoms with E-state index in [0.717, 1.165) is 31.4 Å². The number of carbonyl (C=O) groups is 1. The van der Waals surface area contributed by atoms with Crippen LogP contribution in [-0.2, 0) is 16.0 Å². The van der Waals surface area contributed by atoms with Gasteiger partial charge >= 0.3 is 0 Å². The van der Waals surface area contributed by atoms with Crippen molar-refractivity contribution in [2.45, 2.75) is 55.8 Å². The standard InChI is InChI=1S/C19H30N4O3S/c24-17(21-10-12-26-11-7-14-5-8-20-9-6-14)4-2-1-3-16-18-15(13-27-16)22-19(25)23-18/h5-6,8-9,15-16,18-19,22-23,25H,1-4,7,10-13H2,(H,21,24). The van der Waals surface area contributed by atoms with Crippen LogP contribution >= 0.6 is 11.8 Å². The fourth-order valence-electron chi connectivity index (χ4n) is 3.59. The number of unbranched alkanes of at least 4 members (excludes halogenated alkanes) is 1. The van der Waals surface area contributed by atoms with Crippen LogP contribution in [0.1, 0.15) is 31.2 Å². The van der Waals surface area contributed by atoms with Crippen LogP contribution in [0.2, 0.25) is 0 Å². The van der Waals surface area contributed by atoms with Crippen LogP contribution in [0.4, 0.5) is 0 Å². The first-order valence-electron chi connectivity index (χ1n) is 9.77. The highest BCUT2D eigenvalue weighted by atomic mass is 32.2. The Hall–Kier alpha value is -1.19. The van der Waals surface area contributed by atoms with E-state index in [1.54, 1.807) is 12.4 Å². The molecule has 2 aliphatic heterocycles. The number of hydrogen-bond acceptors (Lipinski definition) is 7. The largest absolute Gasteiger partial charge is 0.379 e. The molecule has 3 heterocycles. The Morgan fingerprint density at radius 3 is 3.00 bits per heavy atom. The second kappa shape index (κ2) is 11.0. The van der Waals surface area contributed by atoms with E-state index in [-0.39, 0.29) is 5.91 Å². The summed E-state index contributed by atoms with van der Waals surface area (Å²) < 4.78 is 5.56. The van der Waals surface area contributed by atoms with Crippen LogP contribution in [-0.4, -0.2) is 65.2 Å². The Balaban J connectivity index is 1.16. The number of fused-ring (bicyclic) bond motifs is 1. The zero-order valence-corrected chi connectivity index (χ0v) is 16.4. The maximum Gasteiger partial charge on any atom is 0.220 e. The van der Waals surface area contributed by atoms with Gasteiger partial charge in [0.2, 0.25) is 5.91 Å². The molecule has 27 heavy (non-hydrogen) atoms. The minimum atomic E-state index is -0.568. The summed E-state index contributed by atoms with van der Waals surface area (Å²) in [5, 5.41) is 19.4. The number of amides is 1. The van der Waals surface area contributed by atoms with Gasteiger partial charge in [0.25, 0.3) is 0 Å². The lowest BCUT2D eigenvalue weighted by Gasteiger charge is -2.17. The molecule has 4 unspecified atom stereocenters. The Bertz CT molecular complexity index is 577. The van der Waals surface area contributed by atoms with Crippen LogP contribution in [0.25, 0.3) is 0 Å². The van der Waals surface area contributed by atoms with Crippen LogP contribution in [0.5, 0.6) is 0 Å². The van der Waals surface area contributed by atoms with Gasteiger partial charge in [-0.3, -0.25) is 20.4 Å². The highest BCUT2D eigenvalue weighted by Gasteiger charge is 2.42. The van der Waals surface area contributed by atoms with Crippen molar-refractivity contribution in [1.82, 2.24) is 20.9 Å². The molecule has 8 heteroatoms. The van der Waals surface area contributed by atoms with Crippen molar-refractivity contribution in [2.24, 2.45) is 0 Å². The highest BCUT2D eigenvalue weighted by molar-refractivity contribution is 8.00. The minimum absolute atomic E-state index is 0.0979. The van der Waals surface area contributed by atoms with E-state index in [9.17, 15) is 9.90 Å². The number of nitrogens with zero attached hydrogens (tertiary/aromatic N) is 1. The molecule has 0 saturated carbocycles. The van der Waals surface area contributed by atoms with Gasteiger partial charge in [-0.15, -0.1) is 0 Å². The Morgan fingerprint density at radius 2 is 2.15 bits per heavy atom. The van der Waals surface area contributed by atoms with Crippen LogP contribution < -0.4 is 16.0 Å². The van der Waals surface area contributed by atoms with Crippen molar-refractivity contribution in [3.8, 4) is 0 Å². The zero-order chi connectivity index (χ0) is 18.9. The van der Waals surface area contributed by atoms with Gasteiger partial charge in [-0.25, -0.2) is 0 Å². The van der Waals surface area contributed by atoms with E-state index in [0.29, 0.717) is 43.5 Å². The van der Waals surface area contributed by atoms with E-state index in [4.69, 9.17) is 4.74 Å². The van der Waals surface area contributed by atoms with Crippen LogP contribution in [0, 0.1) is 0 Å². The molecular formula is C19H30N4O3S. The average molecular weight is 395 g/mol. The number of aliphatic hydroxyl groups is 1. The van der Waals surface area contributed by atoms with E-state index < -0.39 is 6.35 Å². The predicted octanol–water partition coefficient (Wildman–Crippen LogP) is 0.639. The van der Waals surface area contributed by atoms with E-state index in [2.05, 4.69) is 20.9 Å². The number of nitrogens with one attached hydrogen (secondary N) is 3. The van der Waals surface area contributed by atoms with Crippen LogP contribution in [0.15, 0.2) is 24.5 Å². The van der Waals surface area contributed by atoms with Gasteiger partial charge in [-0.05, 0) is 37.0 Å². The third kappa shape index (κ3) is 6.73. The summed E-state index contributed by atoms with van der Waals surface area (Å²) in [5.41, 5.74) is 1.21. The highest BCUT2D eigenvalue weighted by Crippen LogP contribution is 2.33. The lowest BCUT2D eigenvalue weighted by atomic mass is 10.0. The lowest BCUT2D eigenvalue weighted by molar-refractivity contribution is -0.121. The van der Waals surface area contributed by atoms with Crippen molar-refractivity contribution in [1.29, 1.82) is 0 Å². The summed E-state index contributed by atoms with van der Waals surface area (Å²) in [5.74, 6) is 1.14. The summed E-state index contributed by atoms with van der Waals surface area (Å²) in [6.45, 7) is 1.75. The molecule has 2 fully saturated rings. The molecule has 7 nitrogen and oxygen atoms in total. The van der Waals surface area contributed by atoms with Crippen LogP contribution in [0.3, 0.4) is 0 Å². The average Bonchev–Trinajstić information content (AvgIpc) is 3.22. The number of thioether (sulfide) groups is 1. The molecule has 1 amide bonds. The molecule has 2 saturated heterocycles. The predicted molar refractivity (Wildman–Crippen MR) is 106 cm³/mol. The molecule has 1 aromatic rings. The Kier molecular flexibility index (Phi) is 8.34. The fraction of sp³-hybridized carbons (Fsp3) is 0.684. The normalized spacial score (nSPS) is 26.9. The first kappa shape index (κ1) is 20.5. The molecule has 0 aliphatic carbocycles. The second-order valence-electron chi connectivity index (χ2n) is 7.05. The van der Waals surface area contributed by atoms with E-state index in [1.807, 2.05) is 23.9 Å². The molecule has 2 aliphatic rings. The third-order valence-electron chi connectivity index (χ3n) is 5.04. The second-order valence-corrected chi connectivity index (χ2v) is 8.33. The van der Waals surface area contributed by atoms with Gasteiger partial charge in [0.15, 0.2) is 6.35 Å². The van der Waals surface area contributed by atoms with E-state index in [1.165, 1.54) is 5.56 Å². The monoisotopic (exact) mass is 394 g/mol. The fourth-order valence-corrected chi connectivity index (χ4v) is 5.16. The summed E-state index contributed by atoms with van der Waals surface area (Å²) in [6, 6.07) is 4.69. The van der Waals surface area contributed by atoms with Gasteiger partial charge in [0.05, 0.1) is 13.2 Å². The van der Waals surface area contributed by atoms with Gasteiger partial charge in [0.1, 0.15) is 0 Å². The first-order chi connectivity index (χ1) is 13.2. The van der Waals surface area contributed by atoms with Crippen molar-refractivity contribution in [2.75, 3.05) is 25.5 Å². The maximum absolute atomic E-state index is 11.9. The van der Waals surface area contributed by atoms with Crippen molar-refractivity contribution in [3.63, 3.8) is 0 Å². The smallest absolute Gasteiger partial charge is 0.220 e. The number of rotatable bonds is 11. The lowest BCUT2D eigenvalue weighted by Crippen LogP contribution is -2.38. The Labute approximate surface area is 165 Å². The van der Waals surface area contributed by atoms with Crippen molar-refractivity contribution in [3.05, 3.63) is 30.1 Å². The van der Waals surface area contributed by atoms with Gasteiger partial charge in [0, 0.05) is 48.4 Å². The summed E-state index contributed by atoms with van der Waals surface area (Å²) in [7, 11) is 0. The molecule has 0 aromatic carbocycles. The van der Waals surface area contributed by atoms with Gasteiger partial charge in [-0.1, -0.05) is 6.42 Å². The molecule has 0 spiro atoms. The van der Waals surface area contributed by atoms with Crippen molar-refractivity contribution < 1.29 is 14.6 Å². The molecule has 3 rings (SSSR count). The third-order valence-corrected chi connectivity index (χ3v) is 6.55. The molecule has 0 radical (unpaired) electrons. The number of pyridine rings is 1. The summed E-state index contributed by atoms with van der Waals surface area (Å²) in [4.78, 5) is 15.9. The quantitative estimate of drug-likeness (QED) is 0.409. The van der Waals surface area contributed by atoms with Gasteiger partial charge in [-0.2, -0.15) is 11.8 Å². The number of ether oxygens (including phenoxy) is 1. The number of carbonyl (C=O) groups excluding carboxylic acids is 1. The zero-order valence-electron chi connectivity index (χ0n) is 15.6. The molecule has 0 bridgehead atoms. The van der Waals surface area contributed by atoms with Crippen molar-refractivity contribution >= 4 is 17.7 Å². The maximum atomic E-state index is 11.9. The number of aliphatic hydroxyl groups excluding tert-OH is 1. The molecule has 4 atom stereocenters. The molecular weight excluding hydrogens is 364 g/mol. The first-order valence-corrected chi connectivity index (χ1v) is 10.8. The summed E-state index contributed by atoms with van der Waals surface area (Å²) in [6.07, 6.45) is 7.44. The number of aromatic nitrogens is 1. The minimum Gasteiger partial charge on any atom is -0.379 e. The molecule has 4 N–H and O–H groups in total.